The molecule has 1 fully saturated rings. The largest absolute Gasteiger partial charge is 0.491 e. The van der Waals surface area contributed by atoms with Gasteiger partial charge in [0.25, 0.3) is 5.91 Å². The molecule has 1 aromatic heterocycles. The third-order valence-electron chi connectivity index (χ3n) is 5.43. The van der Waals surface area contributed by atoms with Gasteiger partial charge in [0.15, 0.2) is 11.5 Å². The molecular weight excluding hydrogens is 612 g/mol. The van der Waals surface area contributed by atoms with Crippen molar-refractivity contribution < 1.29 is 46.5 Å². The second kappa shape index (κ2) is 12.5. The number of nitrogens with zero attached hydrogens (tertiary/aromatic N) is 4. The van der Waals surface area contributed by atoms with Crippen molar-refractivity contribution in [1.82, 2.24) is 20.7 Å². The zero-order valence-electron chi connectivity index (χ0n) is 20.2. The van der Waals surface area contributed by atoms with E-state index < -0.39 is 41.0 Å². The summed E-state index contributed by atoms with van der Waals surface area (Å²) >= 11 is 3.00. The fourth-order valence-electron chi connectivity index (χ4n) is 3.53. The standard InChI is InChI=1S/C23H19BrF4N6O6/c24-15-10-13(2-4-16(15)25)29-19(31-37)18-20(33-40-32-18)30-21(35)14-3-1-12(11-34-5-7-38-8-6-34)9-17(14)39-22(36)23(26,27)28/h1-4,9-10,37H,5-8,11H2,(H,29,31)(H,30,33,35). The normalized spacial score (nSPS) is 14.6. The van der Waals surface area contributed by atoms with E-state index in [2.05, 4.69) is 45.9 Å². The van der Waals surface area contributed by atoms with Crippen molar-refractivity contribution in [2.45, 2.75) is 12.7 Å². The maximum absolute atomic E-state index is 13.5. The van der Waals surface area contributed by atoms with Gasteiger partial charge in [-0.05, 0) is 62.1 Å². The van der Waals surface area contributed by atoms with Crippen LogP contribution in [0.25, 0.3) is 0 Å². The van der Waals surface area contributed by atoms with Crippen molar-refractivity contribution in [2.24, 2.45) is 4.99 Å². The SMILES string of the molecule is O=C(Nc1nonc1C(=Nc1ccc(F)c(Br)c1)NO)c1ccc(CN2CCOCC2)cc1OC(=O)C(F)(F)F. The van der Waals surface area contributed by atoms with Gasteiger partial charge in [0, 0.05) is 19.6 Å². The van der Waals surface area contributed by atoms with Crippen molar-refractivity contribution in [3.05, 3.63) is 63.5 Å². The molecule has 1 amide bonds. The summed E-state index contributed by atoms with van der Waals surface area (Å²) in [6.45, 7) is 2.44. The predicted molar refractivity (Wildman–Crippen MR) is 132 cm³/mol. The number of ether oxygens (including phenoxy) is 2. The highest BCUT2D eigenvalue weighted by Crippen LogP contribution is 2.27. The van der Waals surface area contributed by atoms with Gasteiger partial charge in [0.1, 0.15) is 11.6 Å². The number of hydrogen-bond acceptors (Lipinski definition) is 10. The molecule has 40 heavy (non-hydrogen) atoms. The van der Waals surface area contributed by atoms with Gasteiger partial charge >= 0.3 is 12.1 Å². The summed E-state index contributed by atoms with van der Waals surface area (Å²) in [5.41, 5.74) is 1.65. The number of hydrogen-bond donors (Lipinski definition) is 3. The van der Waals surface area contributed by atoms with Gasteiger partial charge in [0.2, 0.25) is 5.82 Å². The van der Waals surface area contributed by atoms with E-state index in [1.807, 2.05) is 4.90 Å². The average molecular weight is 631 g/mol. The highest BCUT2D eigenvalue weighted by atomic mass is 79.9. The highest BCUT2D eigenvalue weighted by molar-refractivity contribution is 9.10. The summed E-state index contributed by atoms with van der Waals surface area (Å²) in [7, 11) is 0. The summed E-state index contributed by atoms with van der Waals surface area (Å²) in [6.07, 6.45) is -5.31. The molecule has 0 aliphatic carbocycles. The first-order chi connectivity index (χ1) is 19.0. The van der Waals surface area contributed by atoms with E-state index in [9.17, 15) is 32.4 Å². The summed E-state index contributed by atoms with van der Waals surface area (Å²) in [6, 6.07) is 7.51. The molecule has 1 aliphatic heterocycles. The maximum Gasteiger partial charge on any atom is 0.491 e. The van der Waals surface area contributed by atoms with Crippen LogP contribution in [-0.4, -0.2) is 70.6 Å². The number of esters is 1. The van der Waals surface area contributed by atoms with E-state index in [1.165, 1.54) is 24.3 Å². The molecule has 2 aromatic carbocycles. The molecule has 0 unspecified atom stereocenters. The van der Waals surface area contributed by atoms with Crippen LogP contribution in [0.15, 0.2) is 50.5 Å². The van der Waals surface area contributed by atoms with E-state index in [1.54, 1.807) is 5.48 Å². The van der Waals surface area contributed by atoms with Gasteiger partial charge in [-0.2, -0.15) is 13.2 Å². The van der Waals surface area contributed by atoms with Crippen LogP contribution < -0.4 is 15.5 Å². The second-order valence-electron chi connectivity index (χ2n) is 8.19. The fourth-order valence-corrected chi connectivity index (χ4v) is 3.89. The summed E-state index contributed by atoms with van der Waals surface area (Å²) in [5, 5.41) is 18.9. The van der Waals surface area contributed by atoms with Gasteiger partial charge in [-0.1, -0.05) is 6.07 Å². The van der Waals surface area contributed by atoms with Crippen molar-refractivity contribution >= 4 is 45.1 Å². The lowest BCUT2D eigenvalue weighted by Crippen LogP contribution is -2.35. The number of benzene rings is 2. The van der Waals surface area contributed by atoms with E-state index in [0.29, 0.717) is 38.4 Å². The molecule has 1 aliphatic rings. The van der Waals surface area contributed by atoms with Crippen LogP contribution in [-0.2, 0) is 16.1 Å². The number of halogens is 5. The van der Waals surface area contributed by atoms with Crippen LogP contribution in [0.1, 0.15) is 21.6 Å². The maximum atomic E-state index is 13.5. The minimum absolute atomic E-state index is 0.0795. The Balaban J connectivity index is 1.61. The Bertz CT molecular complexity index is 1430. The molecule has 17 heteroatoms. The minimum Gasteiger partial charge on any atom is -0.419 e. The zero-order valence-corrected chi connectivity index (χ0v) is 21.8. The van der Waals surface area contributed by atoms with Crippen molar-refractivity contribution in [3.8, 4) is 5.75 Å². The number of aromatic nitrogens is 2. The van der Waals surface area contributed by atoms with Gasteiger partial charge in [-0.3, -0.25) is 20.4 Å². The first-order valence-corrected chi connectivity index (χ1v) is 12.1. The van der Waals surface area contributed by atoms with Crippen LogP contribution in [0.3, 0.4) is 0 Å². The first-order valence-electron chi connectivity index (χ1n) is 11.4. The number of hydroxylamine groups is 1. The van der Waals surface area contributed by atoms with Crippen molar-refractivity contribution in [2.75, 3.05) is 31.6 Å². The number of aliphatic imine (C=N–C) groups is 1. The Hall–Kier alpha value is -3.93. The topological polar surface area (TPSA) is 151 Å². The predicted octanol–water partition coefficient (Wildman–Crippen LogP) is 3.58. The Morgan fingerprint density at radius 1 is 1.15 bits per heavy atom. The van der Waals surface area contributed by atoms with E-state index in [0.717, 1.165) is 12.1 Å². The number of anilines is 1. The van der Waals surface area contributed by atoms with Crippen LogP contribution in [0, 0.1) is 5.82 Å². The van der Waals surface area contributed by atoms with Crippen molar-refractivity contribution in [3.63, 3.8) is 0 Å². The van der Waals surface area contributed by atoms with Gasteiger partial charge in [-0.25, -0.2) is 18.8 Å². The Kier molecular flexibility index (Phi) is 9.08. The zero-order chi connectivity index (χ0) is 28.9. The lowest BCUT2D eigenvalue weighted by atomic mass is 10.1. The Morgan fingerprint density at radius 3 is 2.58 bits per heavy atom. The van der Waals surface area contributed by atoms with E-state index in [-0.39, 0.29) is 21.7 Å². The molecule has 2 heterocycles. The van der Waals surface area contributed by atoms with Crippen molar-refractivity contribution in [1.29, 1.82) is 0 Å². The van der Waals surface area contributed by atoms with Crippen LogP contribution in [0.2, 0.25) is 0 Å². The summed E-state index contributed by atoms with van der Waals surface area (Å²) < 4.78 is 66.9. The Morgan fingerprint density at radius 2 is 1.90 bits per heavy atom. The van der Waals surface area contributed by atoms with Crippen LogP contribution in [0.5, 0.6) is 5.75 Å². The molecule has 0 atom stereocenters. The number of carbonyl (C=O) groups is 2. The second-order valence-corrected chi connectivity index (χ2v) is 9.05. The summed E-state index contributed by atoms with van der Waals surface area (Å²) in [5.74, 6) is -5.53. The Labute approximate surface area is 231 Å². The molecule has 0 saturated carbocycles. The number of amidine groups is 1. The lowest BCUT2D eigenvalue weighted by Gasteiger charge is -2.26. The minimum atomic E-state index is -5.31. The molecule has 0 bridgehead atoms. The molecule has 0 radical (unpaired) electrons. The van der Waals surface area contributed by atoms with Gasteiger partial charge < -0.3 is 14.8 Å². The number of nitrogens with one attached hydrogen (secondary N) is 2. The fraction of sp³-hybridized carbons (Fsp3) is 0.261. The number of rotatable bonds is 7. The number of alkyl halides is 3. The molecule has 12 nitrogen and oxygen atoms in total. The lowest BCUT2D eigenvalue weighted by molar-refractivity contribution is -0.189. The molecule has 3 N–H and O–H groups in total. The smallest absolute Gasteiger partial charge is 0.419 e. The average Bonchev–Trinajstić information content (AvgIpc) is 3.37. The number of morpholine rings is 1. The molecule has 0 spiro atoms. The molecule has 212 valence electrons. The molecule has 4 rings (SSSR count). The van der Waals surface area contributed by atoms with E-state index in [4.69, 9.17) is 4.74 Å². The monoisotopic (exact) mass is 630 g/mol. The quantitative estimate of drug-likeness (QED) is 0.0882. The molecular formula is C23H19BrF4N6O6. The van der Waals surface area contributed by atoms with Crippen LogP contribution >= 0.6 is 15.9 Å². The van der Waals surface area contributed by atoms with Gasteiger partial charge in [0.05, 0.1) is 28.9 Å². The first kappa shape index (κ1) is 29.1. The molecule has 1 saturated heterocycles. The summed E-state index contributed by atoms with van der Waals surface area (Å²) in [4.78, 5) is 30.7. The third-order valence-corrected chi connectivity index (χ3v) is 6.04. The van der Waals surface area contributed by atoms with Crippen LogP contribution in [0.4, 0.5) is 29.1 Å². The number of carbonyl (C=O) groups excluding carboxylic acids is 2. The highest BCUT2D eigenvalue weighted by Gasteiger charge is 2.42. The number of amides is 1. The third kappa shape index (κ3) is 7.17. The van der Waals surface area contributed by atoms with E-state index >= 15 is 0 Å². The van der Waals surface area contributed by atoms with Gasteiger partial charge in [-0.15, -0.1) is 0 Å². The molecule has 3 aromatic rings.